The van der Waals surface area contributed by atoms with Crippen molar-refractivity contribution >= 4 is 0 Å². The third kappa shape index (κ3) is 3.56. The van der Waals surface area contributed by atoms with Crippen molar-refractivity contribution in [1.82, 2.24) is 5.32 Å². The molecule has 0 spiro atoms. The molecule has 0 fully saturated rings. The van der Waals surface area contributed by atoms with E-state index in [1.165, 1.54) is 16.7 Å². The van der Waals surface area contributed by atoms with E-state index in [9.17, 15) is 0 Å². The lowest BCUT2D eigenvalue weighted by molar-refractivity contribution is 0.424. The Morgan fingerprint density at radius 1 is 0.952 bits per heavy atom. The van der Waals surface area contributed by atoms with Gasteiger partial charge in [-0.1, -0.05) is 45.9 Å². The predicted molar refractivity (Wildman–Crippen MR) is 88.8 cm³/mol. The van der Waals surface area contributed by atoms with E-state index in [1.54, 1.807) is 0 Å². The Balaban J connectivity index is 2.45. The molecular formula is C19H27NO. The topological polar surface area (TPSA) is 25.2 Å². The SMILES string of the molecule is CCNC(c1ccc(CC)o1)c1cc(CC)ccc1CC. The first-order chi connectivity index (χ1) is 10.2. The average Bonchev–Trinajstić information content (AvgIpc) is 3.00. The van der Waals surface area contributed by atoms with Crippen molar-refractivity contribution in [2.75, 3.05) is 6.54 Å². The Morgan fingerprint density at radius 2 is 1.76 bits per heavy atom. The minimum atomic E-state index is 0.150. The van der Waals surface area contributed by atoms with Crippen LogP contribution in [0.25, 0.3) is 0 Å². The standard InChI is InChI=1S/C19H27NO/c1-5-14-9-10-15(6-2)17(13-14)19(20-8-4)18-12-11-16(7-3)21-18/h9-13,19-20H,5-8H2,1-4H3. The van der Waals surface area contributed by atoms with Crippen LogP contribution >= 0.6 is 0 Å². The van der Waals surface area contributed by atoms with Gasteiger partial charge in [0, 0.05) is 6.42 Å². The number of rotatable bonds is 7. The van der Waals surface area contributed by atoms with Crippen LogP contribution in [0.3, 0.4) is 0 Å². The van der Waals surface area contributed by atoms with Crippen molar-refractivity contribution in [2.24, 2.45) is 0 Å². The van der Waals surface area contributed by atoms with Crippen LogP contribution in [-0.2, 0) is 19.3 Å². The fraction of sp³-hybridized carbons (Fsp3) is 0.474. The van der Waals surface area contributed by atoms with E-state index in [4.69, 9.17) is 4.42 Å². The lowest BCUT2D eigenvalue weighted by atomic mass is 9.94. The van der Waals surface area contributed by atoms with Gasteiger partial charge in [0.25, 0.3) is 0 Å². The largest absolute Gasteiger partial charge is 0.464 e. The fourth-order valence-electron chi connectivity index (χ4n) is 2.76. The molecule has 2 heteroatoms. The highest BCUT2D eigenvalue weighted by molar-refractivity contribution is 5.38. The van der Waals surface area contributed by atoms with Crippen molar-refractivity contribution in [3.63, 3.8) is 0 Å². The molecule has 1 N–H and O–H groups in total. The van der Waals surface area contributed by atoms with Crippen LogP contribution in [-0.4, -0.2) is 6.54 Å². The quantitative estimate of drug-likeness (QED) is 0.800. The molecule has 0 aliphatic heterocycles. The molecular weight excluding hydrogens is 258 g/mol. The smallest absolute Gasteiger partial charge is 0.125 e. The summed E-state index contributed by atoms with van der Waals surface area (Å²) in [5.74, 6) is 2.08. The molecule has 21 heavy (non-hydrogen) atoms. The summed E-state index contributed by atoms with van der Waals surface area (Å²) in [4.78, 5) is 0. The lowest BCUT2D eigenvalue weighted by Gasteiger charge is -2.20. The van der Waals surface area contributed by atoms with Gasteiger partial charge in [-0.25, -0.2) is 0 Å². The summed E-state index contributed by atoms with van der Waals surface area (Å²) >= 11 is 0. The van der Waals surface area contributed by atoms with Crippen LogP contribution < -0.4 is 5.32 Å². The zero-order valence-corrected chi connectivity index (χ0v) is 13.7. The van der Waals surface area contributed by atoms with E-state index in [1.807, 2.05) is 0 Å². The molecule has 1 aromatic carbocycles. The Bertz CT molecular complexity index is 571. The third-order valence-electron chi connectivity index (χ3n) is 4.03. The maximum Gasteiger partial charge on any atom is 0.125 e. The highest BCUT2D eigenvalue weighted by Gasteiger charge is 2.19. The van der Waals surface area contributed by atoms with E-state index >= 15 is 0 Å². The van der Waals surface area contributed by atoms with Crippen LogP contribution in [0, 0.1) is 0 Å². The number of hydrogen-bond acceptors (Lipinski definition) is 2. The number of furan rings is 1. The molecule has 1 heterocycles. The van der Waals surface area contributed by atoms with Crippen LogP contribution in [0.5, 0.6) is 0 Å². The van der Waals surface area contributed by atoms with Gasteiger partial charge in [0.15, 0.2) is 0 Å². The van der Waals surface area contributed by atoms with Crippen molar-refractivity contribution < 1.29 is 4.42 Å². The van der Waals surface area contributed by atoms with Gasteiger partial charge >= 0.3 is 0 Å². The zero-order chi connectivity index (χ0) is 15.2. The van der Waals surface area contributed by atoms with E-state index in [0.717, 1.165) is 37.3 Å². The molecule has 0 radical (unpaired) electrons. The first-order valence-electron chi connectivity index (χ1n) is 8.17. The Morgan fingerprint density at radius 3 is 2.33 bits per heavy atom. The minimum absolute atomic E-state index is 0.150. The summed E-state index contributed by atoms with van der Waals surface area (Å²) in [5.41, 5.74) is 4.13. The number of aryl methyl sites for hydroxylation is 3. The second-order valence-corrected chi connectivity index (χ2v) is 5.39. The van der Waals surface area contributed by atoms with Gasteiger partial charge in [-0.2, -0.15) is 0 Å². The van der Waals surface area contributed by atoms with Gasteiger partial charge in [-0.05, 0) is 48.2 Å². The third-order valence-corrected chi connectivity index (χ3v) is 4.03. The molecule has 0 bridgehead atoms. The first kappa shape index (κ1) is 15.8. The minimum Gasteiger partial charge on any atom is -0.464 e. The summed E-state index contributed by atoms with van der Waals surface area (Å²) < 4.78 is 6.01. The van der Waals surface area contributed by atoms with Crippen molar-refractivity contribution in [3.05, 3.63) is 58.5 Å². The Hall–Kier alpha value is -1.54. The second kappa shape index (κ2) is 7.46. The normalized spacial score (nSPS) is 12.6. The average molecular weight is 285 g/mol. The summed E-state index contributed by atoms with van der Waals surface area (Å²) in [6.45, 7) is 9.61. The Kier molecular flexibility index (Phi) is 5.63. The first-order valence-corrected chi connectivity index (χ1v) is 8.17. The number of benzene rings is 1. The molecule has 2 aromatic rings. The van der Waals surface area contributed by atoms with Crippen molar-refractivity contribution in [3.8, 4) is 0 Å². The molecule has 0 aliphatic carbocycles. The van der Waals surface area contributed by atoms with Gasteiger partial charge in [-0.15, -0.1) is 0 Å². The zero-order valence-electron chi connectivity index (χ0n) is 13.7. The maximum atomic E-state index is 6.01. The predicted octanol–water partition coefficient (Wildman–Crippen LogP) is 4.67. The van der Waals surface area contributed by atoms with Gasteiger partial charge in [0.1, 0.15) is 11.5 Å². The molecule has 1 aromatic heterocycles. The lowest BCUT2D eigenvalue weighted by Crippen LogP contribution is -2.23. The van der Waals surface area contributed by atoms with Gasteiger partial charge in [0.05, 0.1) is 6.04 Å². The van der Waals surface area contributed by atoms with E-state index in [-0.39, 0.29) is 6.04 Å². The Labute approximate surface area is 128 Å². The van der Waals surface area contributed by atoms with Gasteiger partial charge in [-0.3, -0.25) is 0 Å². The van der Waals surface area contributed by atoms with Crippen molar-refractivity contribution in [1.29, 1.82) is 0 Å². The molecule has 1 atom stereocenters. The maximum absolute atomic E-state index is 6.01. The van der Waals surface area contributed by atoms with Gasteiger partial charge in [0.2, 0.25) is 0 Å². The molecule has 114 valence electrons. The molecule has 1 unspecified atom stereocenters. The highest BCUT2D eigenvalue weighted by Crippen LogP contribution is 2.28. The summed E-state index contributed by atoms with van der Waals surface area (Å²) in [5, 5.41) is 3.58. The molecule has 2 rings (SSSR count). The summed E-state index contributed by atoms with van der Waals surface area (Å²) in [6.07, 6.45) is 3.05. The van der Waals surface area contributed by atoms with Gasteiger partial charge < -0.3 is 9.73 Å². The summed E-state index contributed by atoms with van der Waals surface area (Å²) in [6, 6.07) is 11.2. The highest BCUT2D eigenvalue weighted by atomic mass is 16.3. The summed E-state index contributed by atoms with van der Waals surface area (Å²) in [7, 11) is 0. The van der Waals surface area contributed by atoms with E-state index in [0.29, 0.717) is 0 Å². The number of nitrogens with one attached hydrogen (secondary N) is 1. The molecule has 0 aliphatic rings. The second-order valence-electron chi connectivity index (χ2n) is 5.39. The van der Waals surface area contributed by atoms with Crippen LogP contribution in [0.2, 0.25) is 0 Å². The fourth-order valence-corrected chi connectivity index (χ4v) is 2.76. The van der Waals surface area contributed by atoms with E-state index in [2.05, 4.69) is 63.3 Å². The molecule has 2 nitrogen and oxygen atoms in total. The van der Waals surface area contributed by atoms with Crippen molar-refractivity contribution in [2.45, 2.75) is 53.0 Å². The monoisotopic (exact) mass is 285 g/mol. The van der Waals surface area contributed by atoms with Crippen LogP contribution in [0.4, 0.5) is 0 Å². The molecule has 0 saturated heterocycles. The number of hydrogen-bond donors (Lipinski definition) is 1. The van der Waals surface area contributed by atoms with E-state index < -0.39 is 0 Å². The van der Waals surface area contributed by atoms with Crippen LogP contribution in [0.15, 0.2) is 34.7 Å². The molecule has 0 amide bonds. The molecule has 0 saturated carbocycles. The van der Waals surface area contributed by atoms with Crippen LogP contribution in [0.1, 0.15) is 61.9 Å².